The average Bonchev–Trinajstić information content (AvgIpc) is 2.80. The Balaban J connectivity index is 1.80. The van der Waals surface area contributed by atoms with E-state index in [0.29, 0.717) is 12.1 Å². The van der Waals surface area contributed by atoms with Gasteiger partial charge in [0, 0.05) is 31.8 Å². The lowest BCUT2D eigenvalue weighted by molar-refractivity contribution is 0.0183. The number of carbonyl (C=O) groups is 1. The van der Waals surface area contributed by atoms with Gasteiger partial charge in [0.05, 0.1) is 6.61 Å². The van der Waals surface area contributed by atoms with Gasteiger partial charge in [-0.05, 0) is 40.0 Å². The first-order chi connectivity index (χ1) is 8.94. The minimum Gasteiger partial charge on any atom is -0.444 e. The number of nitrogens with one attached hydrogen (secondary N) is 1. The summed E-state index contributed by atoms with van der Waals surface area (Å²) in [6, 6.07) is 0.816. The summed E-state index contributed by atoms with van der Waals surface area (Å²) in [6.07, 6.45) is 3.03. The van der Waals surface area contributed by atoms with Crippen molar-refractivity contribution < 1.29 is 14.3 Å². The molecule has 0 aliphatic carbocycles. The molecule has 2 atom stereocenters. The molecular formula is C14H26N2O3. The molecule has 1 amide bonds. The van der Waals surface area contributed by atoms with Crippen LogP contribution in [0.2, 0.25) is 0 Å². The lowest BCUT2D eigenvalue weighted by Gasteiger charge is -2.35. The Kier molecular flexibility index (Phi) is 4.68. The second-order valence-corrected chi connectivity index (χ2v) is 6.49. The van der Waals surface area contributed by atoms with Gasteiger partial charge in [-0.3, -0.25) is 0 Å². The van der Waals surface area contributed by atoms with Crippen LogP contribution in [0.25, 0.3) is 0 Å². The van der Waals surface area contributed by atoms with Crippen molar-refractivity contribution >= 4 is 6.09 Å². The van der Waals surface area contributed by atoms with Gasteiger partial charge in [0.15, 0.2) is 0 Å². The maximum atomic E-state index is 12.0. The molecule has 0 aromatic carbocycles. The Hall–Kier alpha value is -0.810. The van der Waals surface area contributed by atoms with Crippen LogP contribution in [0.1, 0.15) is 40.0 Å². The fourth-order valence-electron chi connectivity index (χ4n) is 2.60. The van der Waals surface area contributed by atoms with Crippen LogP contribution >= 0.6 is 0 Å². The molecule has 2 fully saturated rings. The van der Waals surface area contributed by atoms with E-state index in [0.717, 1.165) is 45.6 Å². The number of hydrogen-bond acceptors (Lipinski definition) is 4. The van der Waals surface area contributed by atoms with Gasteiger partial charge in [-0.15, -0.1) is 0 Å². The zero-order chi connectivity index (χ0) is 13.9. The van der Waals surface area contributed by atoms with Crippen molar-refractivity contribution in [2.45, 2.75) is 57.7 Å². The van der Waals surface area contributed by atoms with Crippen LogP contribution in [0, 0.1) is 0 Å². The summed E-state index contributed by atoms with van der Waals surface area (Å²) in [7, 11) is 0. The minimum atomic E-state index is -0.420. The van der Waals surface area contributed by atoms with Gasteiger partial charge < -0.3 is 19.7 Å². The molecule has 2 heterocycles. The SMILES string of the molecule is CC(C)(C)OC(=O)N1CCC[C@H](N[C@H]2CCOC2)C1. The number of rotatable bonds is 2. The molecule has 110 valence electrons. The monoisotopic (exact) mass is 270 g/mol. The number of amides is 1. The van der Waals surface area contributed by atoms with Crippen LogP contribution in [0.3, 0.4) is 0 Å². The molecule has 0 aromatic heterocycles. The number of piperidine rings is 1. The summed E-state index contributed by atoms with van der Waals surface area (Å²) >= 11 is 0. The number of hydrogen-bond donors (Lipinski definition) is 1. The van der Waals surface area contributed by atoms with Crippen molar-refractivity contribution in [2.24, 2.45) is 0 Å². The lowest BCUT2D eigenvalue weighted by atomic mass is 10.0. The van der Waals surface area contributed by atoms with E-state index in [1.807, 2.05) is 25.7 Å². The van der Waals surface area contributed by atoms with Crippen LogP contribution in [0.4, 0.5) is 4.79 Å². The maximum absolute atomic E-state index is 12.0. The van der Waals surface area contributed by atoms with Gasteiger partial charge >= 0.3 is 6.09 Å². The fraction of sp³-hybridized carbons (Fsp3) is 0.929. The van der Waals surface area contributed by atoms with Crippen LogP contribution in [0.5, 0.6) is 0 Å². The molecule has 19 heavy (non-hydrogen) atoms. The lowest BCUT2D eigenvalue weighted by Crippen LogP contribution is -2.51. The summed E-state index contributed by atoms with van der Waals surface area (Å²) in [5, 5.41) is 3.59. The van der Waals surface area contributed by atoms with E-state index in [1.165, 1.54) is 0 Å². The Morgan fingerprint density at radius 3 is 2.74 bits per heavy atom. The highest BCUT2D eigenvalue weighted by Crippen LogP contribution is 2.16. The van der Waals surface area contributed by atoms with Gasteiger partial charge in [-0.2, -0.15) is 0 Å². The van der Waals surface area contributed by atoms with Gasteiger partial charge in [0.1, 0.15) is 5.60 Å². The van der Waals surface area contributed by atoms with Crippen molar-refractivity contribution in [3.8, 4) is 0 Å². The smallest absolute Gasteiger partial charge is 0.410 e. The Labute approximate surface area is 115 Å². The maximum Gasteiger partial charge on any atom is 0.410 e. The number of nitrogens with zero attached hydrogens (tertiary/aromatic N) is 1. The highest BCUT2D eigenvalue weighted by molar-refractivity contribution is 5.68. The third kappa shape index (κ3) is 4.66. The van der Waals surface area contributed by atoms with Gasteiger partial charge in [0.25, 0.3) is 0 Å². The molecule has 2 aliphatic rings. The summed E-state index contributed by atoms with van der Waals surface area (Å²) < 4.78 is 10.8. The van der Waals surface area contributed by atoms with Gasteiger partial charge in [-0.1, -0.05) is 0 Å². The van der Waals surface area contributed by atoms with Gasteiger partial charge in [-0.25, -0.2) is 4.79 Å². The van der Waals surface area contributed by atoms with E-state index >= 15 is 0 Å². The van der Waals surface area contributed by atoms with E-state index in [2.05, 4.69) is 5.32 Å². The highest BCUT2D eigenvalue weighted by atomic mass is 16.6. The molecule has 0 saturated carbocycles. The van der Waals surface area contributed by atoms with E-state index in [-0.39, 0.29) is 6.09 Å². The molecule has 2 rings (SSSR count). The Bertz CT molecular complexity index is 308. The first kappa shape index (κ1) is 14.6. The zero-order valence-corrected chi connectivity index (χ0v) is 12.3. The number of carbonyl (C=O) groups excluding carboxylic acids is 1. The minimum absolute atomic E-state index is 0.193. The molecule has 5 nitrogen and oxygen atoms in total. The van der Waals surface area contributed by atoms with Crippen molar-refractivity contribution in [2.75, 3.05) is 26.3 Å². The zero-order valence-electron chi connectivity index (χ0n) is 12.3. The quantitative estimate of drug-likeness (QED) is 0.831. The molecule has 0 spiro atoms. The summed E-state index contributed by atoms with van der Waals surface area (Å²) in [5.41, 5.74) is -0.420. The van der Waals surface area contributed by atoms with Crippen molar-refractivity contribution in [1.82, 2.24) is 10.2 Å². The molecule has 0 aromatic rings. The number of ether oxygens (including phenoxy) is 2. The summed E-state index contributed by atoms with van der Waals surface area (Å²) in [4.78, 5) is 13.9. The predicted molar refractivity (Wildman–Crippen MR) is 73.2 cm³/mol. The Morgan fingerprint density at radius 1 is 1.32 bits per heavy atom. The number of likely N-dealkylation sites (tertiary alicyclic amines) is 1. The van der Waals surface area contributed by atoms with E-state index in [1.54, 1.807) is 0 Å². The normalized spacial score (nSPS) is 28.5. The van der Waals surface area contributed by atoms with Crippen LogP contribution in [-0.2, 0) is 9.47 Å². The van der Waals surface area contributed by atoms with Crippen LogP contribution in [0.15, 0.2) is 0 Å². The van der Waals surface area contributed by atoms with Crippen LogP contribution in [-0.4, -0.2) is 55.0 Å². The largest absolute Gasteiger partial charge is 0.444 e. The van der Waals surface area contributed by atoms with Crippen molar-refractivity contribution in [3.05, 3.63) is 0 Å². The second-order valence-electron chi connectivity index (χ2n) is 6.49. The Morgan fingerprint density at radius 2 is 2.11 bits per heavy atom. The highest BCUT2D eigenvalue weighted by Gasteiger charge is 2.29. The summed E-state index contributed by atoms with van der Waals surface area (Å²) in [6.45, 7) is 8.89. The van der Waals surface area contributed by atoms with E-state index in [9.17, 15) is 4.79 Å². The average molecular weight is 270 g/mol. The third-order valence-electron chi connectivity index (χ3n) is 3.47. The predicted octanol–water partition coefficient (Wildman–Crippen LogP) is 1.76. The molecule has 2 saturated heterocycles. The van der Waals surface area contributed by atoms with Crippen molar-refractivity contribution in [3.63, 3.8) is 0 Å². The fourth-order valence-corrected chi connectivity index (χ4v) is 2.60. The molecule has 0 radical (unpaired) electrons. The first-order valence-corrected chi connectivity index (χ1v) is 7.26. The van der Waals surface area contributed by atoms with Gasteiger partial charge in [0.2, 0.25) is 0 Å². The molecule has 5 heteroatoms. The topological polar surface area (TPSA) is 50.8 Å². The van der Waals surface area contributed by atoms with E-state index < -0.39 is 5.60 Å². The van der Waals surface area contributed by atoms with Crippen LogP contribution < -0.4 is 5.32 Å². The standard InChI is InChI=1S/C14H26N2O3/c1-14(2,3)19-13(17)16-7-4-5-11(9-16)15-12-6-8-18-10-12/h11-12,15H,4-10H2,1-3H3/t11-,12-/m0/s1. The van der Waals surface area contributed by atoms with Crippen molar-refractivity contribution in [1.29, 1.82) is 0 Å². The first-order valence-electron chi connectivity index (χ1n) is 7.26. The molecular weight excluding hydrogens is 244 g/mol. The molecule has 0 unspecified atom stereocenters. The summed E-state index contributed by atoms with van der Waals surface area (Å²) in [5.74, 6) is 0. The molecule has 0 bridgehead atoms. The van der Waals surface area contributed by atoms with E-state index in [4.69, 9.17) is 9.47 Å². The third-order valence-corrected chi connectivity index (χ3v) is 3.47. The second kappa shape index (κ2) is 6.09. The molecule has 1 N–H and O–H groups in total. The molecule has 2 aliphatic heterocycles.